The molecule has 40 heavy (non-hydrogen) atoms. The molecule has 2 aliphatic rings. The van der Waals surface area contributed by atoms with Crippen LogP contribution < -0.4 is 21.9 Å². The number of fused-ring (bicyclic) bond motifs is 3. The van der Waals surface area contributed by atoms with Gasteiger partial charge in [-0.25, -0.2) is 4.79 Å². The molecule has 2 N–H and O–H groups in total. The molecule has 1 fully saturated rings. The van der Waals surface area contributed by atoms with Crippen molar-refractivity contribution in [3.8, 4) is 11.8 Å². The molecule has 1 unspecified atom stereocenters. The molecule has 0 amide bonds. The van der Waals surface area contributed by atoms with E-state index in [1.807, 2.05) is 47.9 Å². The summed E-state index contributed by atoms with van der Waals surface area (Å²) in [4.78, 5) is 40.1. The second-order valence-electron chi connectivity index (χ2n) is 10.4. The lowest BCUT2D eigenvalue weighted by Gasteiger charge is -2.31. The summed E-state index contributed by atoms with van der Waals surface area (Å²) in [7, 11) is 0. The lowest BCUT2D eigenvalue weighted by molar-refractivity contribution is 0.496. The van der Waals surface area contributed by atoms with Gasteiger partial charge in [0.05, 0.1) is 24.5 Å². The first kappa shape index (κ1) is 25.8. The first-order valence-electron chi connectivity index (χ1n) is 13.9. The van der Waals surface area contributed by atoms with E-state index in [-0.39, 0.29) is 18.1 Å². The Morgan fingerprint density at radius 3 is 2.58 bits per heavy atom. The van der Waals surface area contributed by atoms with Crippen molar-refractivity contribution in [2.45, 2.75) is 58.8 Å². The van der Waals surface area contributed by atoms with Crippen molar-refractivity contribution >= 4 is 28.5 Å². The molecule has 9 nitrogen and oxygen atoms in total. The van der Waals surface area contributed by atoms with Crippen molar-refractivity contribution in [1.29, 1.82) is 0 Å². The fraction of sp³-hybridized carbons (Fsp3) is 0.355. The zero-order chi connectivity index (χ0) is 27.8. The maximum absolute atomic E-state index is 14.2. The van der Waals surface area contributed by atoms with Crippen molar-refractivity contribution in [2.24, 2.45) is 10.7 Å². The van der Waals surface area contributed by atoms with E-state index in [1.165, 1.54) is 4.57 Å². The van der Waals surface area contributed by atoms with Gasteiger partial charge in [0.15, 0.2) is 11.2 Å². The summed E-state index contributed by atoms with van der Waals surface area (Å²) in [5.41, 5.74) is 11.0. The molecule has 2 aliphatic heterocycles. The predicted octanol–water partition coefficient (Wildman–Crippen LogP) is 3.06. The van der Waals surface area contributed by atoms with Gasteiger partial charge in [-0.2, -0.15) is 4.98 Å². The molecular weight excluding hydrogens is 502 g/mol. The third-order valence-corrected chi connectivity index (χ3v) is 7.83. The molecular formula is C31H33N7O2. The van der Waals surface area contributed by atoms with Gasteiger partial charge in [0, 0.05) is 37.7 Å². The molecule has 204 valence electrons. The van der Waals surface area contributed by atoms with Crippen LogP contribution in [0.3, 0.4) is 0 Å². The molecule has 0 spiro atoms. The topological polar surface area (TPSA) is 103 Å². The van der Waals surface area contributed by atoms with E-state index in [1.54, 1.807) is 11.5 Å². The number of nitrogens with two attached hydrogens (primary N) is 1. The van der Waals surface area contributed by atoms with Crippen LogP contribution in [0.2, 0.25) is 0 Å². The highest BCUT2D eigenvalue weighted by Gasteiger charge is 2.27. The van der Waals surface area contributed by atoms with E-state index in [2.05, 4.69) is 28.9 Å². The highest BCUT2D eigenvalue weighted by molar-refractivity contribution is 6.04. The lowest BCUT2D eigenvalue weighted by atomic mass is 9.98. The summed E-state index contributed by atoms with van der Waals surface area (Å²) in [5, 5.41) is 0. The summed E-state index contributed by atoms with van der Waals surface area (Å²) in [5.74, 6) is 6.67. The van der Waals surface area contributed by atoms with Crippen LogP contribution in [0.15, 0.2) is 63.1 Å². The van der Waals surface area contributed by atoms with Gasteiger partial charge in [-0.1, -0.05) is 48.4 Å². The number of benzene rings is 2. The molecule has 0 aliphatic carbocycles. The molecule has 1 saturated heterocycles. The zero-order valence-corrected chi connectivity index (χ0v) is 22.9. The van der Waals surface area contributed by atoms with Gasteiger partial charge >= 0.3 is 5.69 Å². The minimum Gasteiger partial charge on any atom is -0.341 e. The van der Waals surface area contributed by atoms with E-state index in [0.29, 0.717) is 42.5 Å². The van der Waals surface area contributed by atoms with Crippen LogP contribution in [0, 0.1) is 11.8 Å². The molecule has 2 aromatic carbocycles. The van der Waals surface area contributed by atoms with E-state index in [9.17, 15) is 9.59 Å². The van der Waals surface area contributed by atoms with Crippen LogP contribution in [-0.4, -0.2) is 43.5 Å². The number of aliphatic imine (C=N–C) groups is 1. The van der Waals surface area contributed by atoms with Crippen LogP contribution in [-0.2, 0) is 26.1 Å². The average Bonchev–Trinajstić information content (AvgIpc) is 3.26. The molecule has 0 radical (unpaired) electrons. The third-order valence-electron chi connectivity index (χ3n) is 7.83. The quantitative estimate of drug-likeness (QED) is 0.396. The van der Waals surface area contributed by atoms with Crippen molar-refractivity contribution in [2.75, 3.05) is 18.0 Å². The first-order valence-corrected chi connectivity index (χ1v) is 13.9. The van der Waals surface area contributed by atoms with E-state index < -0.39 is 5.69 Å². The second-order valence-corrected chi connectivity index (χ2v) is 10.4. The summed E-state index contributed by atoms with van der Waals surface area (Å²) in [6.07, 6.45) is 2.62. The van der Waals surface area contributed by atoms with Gasteiger partial charge in [0.1, 0.15) is 0 Å². The van der Waals surface area contributed by atoms with Gasteiger partial charge in [-0.3, -0.25) is 23.5 Å². The largest absolute Gasteiger partial charge is 0.341 e. The number of aromatic nitrogens is 4. The number of aryl methyl sites for hydroxylation is 1. The normalized spacial score (nSPS) is 16.5. The molecule has 4 heterocycles. The van der Waals surface area contributed by atoms with Gasteiger partial charge in [-0.15, -0.1) is 5.92 Å². The van der Waals surface area contributed by atoms with Crippen LogP contribution in [0.1, 0.15) is 43.4 Å². The number of piperidine rings is 1. The number of rotatable bonds is 5. The van der Waals surface area contributed by atoms with Crippen LogP contribution in [0.25, 0.3) is 11.2 Å². The van der Waals surface area contributed by atoms with E-state index >= 15 is 0 Å². The van der Waals surface area contributed by atoms with Gasteiger partial charge in [-0.05, 0) is 43.9 Å². The SMILES string of the molecule is CC#CCn1c(N2CCCC(N)C2)nc2c1c(=O)n(CC1=Nc3ccccc3Cc3ccccc31)c(=O)n2CC. The number of nitrogens with zero attached hydrogens (tertiary/aromatic N) is 6. The Hall–Kier alpha value is -4.42. The smallest absolute Gasteiger partial charge is 0.333 e. The van der Waals surface area contributed by atoms with Gasteiger partial charge in [0.2, 0.25) is 5.95 Å². The zero-order valence-electron chi connectivity index (χ0n) is 22.9. The third kappa shape index (κ3) is 4.44. The maximum atomic E-state index is 14.2. The Morgan fingerprint density at radius 2 is 1.80 bits per heavy atom. The number of para-hydroxylation sites is 1. The highest BCUT2D eigenvalue weighted by Crippen LogP contribution is 2.29. The lowest BCUT2D eigenvalue weighted by Crippen LogP contribution is -2.44. The highest BCUT2D eigenvalue weighted by atomic mass is 16.2. The van der Waals surface area contributed by atoms with E-state index in [4.69, 9.17) is 15.7 Å². The standard InChI is InChI=1S/C31H33N7O2/c1-3-5-17-37-27-28(34-30(37)35-16-10-13-23(32)19-35)36(4-2)31(40)38(29(27)39)20-26-24-14-8-6-11-21(24)18-22-12-7-9-15-25(22)33-26/h6-9,11-12,14-15,23H,4,10,13,16-20,32H2,1-2H3. The number of hydrogen-bond acceptors (Lipinski definition) is 6. The molecule has 2 aromatic heterocycles. The fourth-order valence-corrected chi connectivity index (χ4v) is 5.85. The minimum absolute atomic E-state index is 0.0282. The molecule has 0 bridgehead atoms. The van der Waals surface area contributed by atoms with Crippen LogP contribution >= 0.6 is 0 Å². The Morgan fingerprint density at radius 1 is 1.02 bits per heavy atom. The number of imidazole rings is 1. The Balaban J connectivity index is 1.56. The first-order chi connectivity index (χ1) is 19.5. The maximum Gasteiger partial charge on any atom is 0.333 e. The Kier molecular flexibility index (Phi) is 6.86. The van der Waals surface area contributed by atoms with Crippen molar-refractivity contribution in [3.05, 3.63) is 86.1 Å². The Labute approximate surface area is 232 Å². The van der Waals surface area contributed by atoms with Crippen LogP contribution in [0.5, 0.6) is 0 Å². The molecule has 9 heteroatoms. The fourth-order valence-electron chi connectivity index (χ4n) is 5.85. The van der Waals surface area contributed by atoms with Crippen molar-refractivity contribution in [1.82, 2.24) is 18.7 Å². The second kappa shape index (κ2) is 10.6. The summed E-state index contributed by atoms with van der Waals surface area (Å²) in [6, 6.07) is 16.1. The molecule has 6 rings (SSSR count). The van der Waals surface area contributed by atoms with Gasteiger partial charge < -0.3 is 10.6 Å². The predicted molar refractivity (Wildman–Crippen MR) is 159 cm³/mol. The van der Waals surface area contributed by atoms with E-state index in [0.717, 1.165) is 48.2 Å². The molecule has 4 aromatic rings. The average molecular weight is 536 g/mol. The number of hydrogen-bond donors (Lipinski definition) is 1. The Bertz CT molecular complexity index is 1820. The summed E-state index contributed by atoms with van der Waals surface area (Å²) in [6.45, 7) is 5.81. The number of anilines is 1. The van der Waals surface area contributed by atoms with Crippen molar-refractivity contribution in [3.63, 3.8) is 0 Å². The van der Waals surface area contributed by atoms with Crippen molar-refractivity contribution < 1.29 is 0 Å². The monoisotopic (exact) mass is 535 g/mol. The van der Waals surface area contributed by atoms with Gasteiger partial charge in [0.25, 0.3) is 5.56 Å². The minimum atomic E-state index is -0.397. The molecule has 1 atom stereocenters. The molecule has 0 saturated carbocycles. The summed E-state index contributed by atoms with van der Waals surface area (Å²) >= 11 is 0. The van der Waals surface area contributed by atoms with Crippen LogP contribution in [0.4, 0.5) is 11.6 Å². The summed E-state index contributed by atoms with van der Waals surface area (Å²) < 4.78 is 4.74.